The van der Waals surface area contributed by atoms with Crippen LogP contribution in [-0.2, 0) is 28.9 Å². The van der Waals surface area contributed by atoms with Crippen molar-refractivity contribution in [2.24, 2.45) is 11.8 Å². The number of aryl methyl sites for hydroxylation is 2. The molecule has 0 bridgehead atoms. The summed E-state index contributed by atoms with van der Waals surface area (Å²) in [5.74, 6) is -0.122. The Kier molecular flexibility index (Phi) is 32.6. The molecule has 5 N–H and O–H groups in total. The van der Waals surface area contributed by atoms with Crippen molar-refractivity contribution >= 4 is 104 Å². The number of hydrogen-bond acceptors (Lipinski definition) is 8. The second-order valence-corrected chi connectivity index (χ2v) is 30.3. The minimum absolute atomic E-state index is 0. The Labute approximate surface area is 406 Å². The third-order valence-electron chi connectivity index (χ3n) is 9.42. The van der Waals surface area contributed by atoms with Crippen LogP contribution in [0.25, 0.3) is 0 Å². The molecule has 56 heavy (non-hydrogen) atoms. The molecule has 2 aliphatic carbocycles. The number of benzene rings is 2. The molecule has 0 fully saturated rings. The number of carbonyl (C=O) groups is 1. The van der Waals surface area contributed by atoms with E-state index in [-0.39, 0.29) is 64.4 Å². The van der Waals surface area contributed by atoms with Crippen LogP contribution in [0.4, 0.5) is 0 Å². The summed E-state index contributed by atoms with van der Waals surface area (Å²) >= 11 is 9.54. The van der Waals surface area contributed by atoms with Gasteiger partial charge in [0.15, 0.2) is 0 Å². The van der Waals surface area contributed by atoms with Crippen LogP contribution < -0.4 is 13.3 Å². The Hall–Kier alpha value is 0.370. The molecule has 0 spiro atoms. The van der Waals surface area contributed by atoms with Gasteiger partial charge in [0, 0.05) is 67.5 Å². The van der Waals surface area contributed by atoms with Crippen LogP contribution in [0.3, 0.4) is 0 Å². The van der Waals surface area contributed by atoms with E-state index in [1.54, 1.807) is 19.2 Å². The molecule has 1 unspecified atom stereocenters. The number of carbonyl (C=O) groups excluding carboxylic acids is 1. The van der Waals surface area contributed by atoms with Gasteiger partial charge < -0.3 is 35.0 Å². The molecule has 14 heteroatoms. The Morgan fingerprint density at radius 3 is 1.98 bits per heavy atom. The Morgan fingerprint density at radius 2 is 1.52 bits per heavy atom. The van der Waals surface area contributed by atoms with Crippen molar-refractivity contribution < 1.29 is 53.1 Å². The number of phenols is 4. The number of aliphatic hydroxyl groups is 1. The number of methoxy groups -OCH3 is 2. The molecule has 2 aromatic rings. The van der Waals surface area contributed by atoms with Crippen LogP contribution >= 0.6 is 98.4 Å². The molecule has 4 rings (SSSR count). The van der Waals surface area contributed by atoms with Crippen molar-refractivity contribution in [3.63, 3.8) is 0 Å². The average Bonchev–Trinajstić information content (AvgIpc) is 3.11. The molecule has 8 nitrogen and oxygen atoms in total. The third-order valence-corrected chi connectivity index (χ3v) is 9.42. The van der Waals surface area contributed by atoms with Crippen LogP contribution in [-0.4, -0.2) is 51.3 Å². The Bertz CT molecular complexity index is 1590. The number of phenolic OH excluding ortho intramolecular Hbond substituents is 4. The molecule has 320 valence electrons. The van der Waals surface area contributed by atoms with Gasteiger partial charge in [0.2, 0.25) is 0 Å². The monoisotopic (exact) mass is 1450 g/mol. The molecular weight excluding hydrogens is 1390 g/mol. The molecule has 2 aromatic carbocycles. The first-order valence-corrected chi connectivity index (χ1v) is 36.9. The van der Waals surface area contributed by atoms with Gasteiger partial charge in [0.25, 0.3) is 0 Å². The average molecular weight is 1460 g/mol. The van der Waals surface area contributed by atoms with E-state index in [4.69, 9.17) is 9.47 Å². The number of ether oxygens (including phenoxy) is 2. The van der Waals surface area contributed by atoms with E-state index in [1.165, 1.54) is 24.3 Å². The molecule has 0 amide bonds. The van der Waals surface area contributed by atoms with Crippen molar-refractivity contribution in [3.05, 3.63) is 94.1 Å². The fraction of sp³-hybridized carbons (Fsp3) is 0.500. The van der Waals surface area contributed by atoms with Crippen molar-refractivity contribution in [1.29, 1.82) is 0 Å². The van der Waals surface area contributed by atoms with Gasteiger partial charge >= 0.3 is 56.5 Å². The van der Waals surface area contributed by atoms with Crippen LogP contribution in [0.15, 0.2) is 66.3 Å². The van der Waals surface area contributed by atoms with E-state index in [0.29, 0.717) is 43.3 Å². The SMILES string of the molecule is C=C(C)[C@@H]1CCC(C)=C[C@H]1c1c(O)cc(CCC)c(C(=O)OC)c1O.C=C(C)[C@H]1C=CC(C)(O)CC1.CCCc1cc(O)cc(O)c1COC.I.II.I[I-]I. The number of rotatable bonds is 10. The van der Waals surface area contributed by atoms with Crippen molar-refractivity contribution in [2.75, 3.05) is 14.2 Å². The summed E-state index contributed by atoms with van der Waals surface area (Å²) in [6.07, 6.45) is 12.9. The number of hydrogen-bond donors (Lipinski definition) is 5. The van der Waals surface area contributed by atoms with Crippen LogP contribution in [0.1, 0.15) is 119 Å². The predicted molar refractivity (Wildman–Crippen MR) is 272 cm³/mol. The van der Waals surface area contributed by atoms with Gasteiger partial charge in [0.1, 0.15) is 28.6 Å². The Morgan fingerprint density at radius 1 is 0.946 bits per heavy atom. The van der Waals surface area contributed by atoms with Crippen LogP contribution in [0.5, 0.6) is 23.0 Å². The fourth-order valence-electron chi connectivity index (χ4n) is 6.62. The van der Waals surface area contributed by atoms with Gasteiger partial charge in [-0.1, -0.05) is 74.8 Å². The second-order valence-electron chi connectivity index (χ2n) is 14.0. The van der Waals surface area contributed by atoms with E-state index in [9.17, 15) is 30.3 Å². The first-order valence-electron chi connectivity index (χ1n) is 18.0. The zero-order valence-electron chi connectivity index (χ0n) is 33.7. The number of allylic oxidation sites excluding steroid dienone is 5. The van der Waals surface area contributed by atoms with E-state index in [2.05, 4.69) is 107 Å². The quantitative estimate of drug-likeness (QED) is 0.0902. The van der Waals surface area contributed by atoms with Gasteiger partial charge in [-0.05, 0) is 101 Å². The molecule has 2 aliphatic rings. The first kappa shape index (κ1) is 58.5. The molecule has 0 heterocycles. The molecule has 0 radical (unpaired) electrons. The molecule has 4 atom stereocenters. The summed E-state index contributed by atoms with van der Waals surface area (Å²) in [7, 11) is 2.88. The molecule has 0 aliphatic heterocycles. The minimum atomic E-state index is -0.578. The topological polar surface area (TPSA) is 137 Å². The standard InChI is InChI=1S/C21H28O4.C11H16O3.C10H16O.I3.I2.HI/c1-6-7-14-11-17(22)19(20(23)18(14)21(24)25-5)16-10-13(4)8-9-15(16)12(2)3;1-3-4-8-5-9(12)6-11(13)10(8)7-14-2;1-8(2)9-4-6-10(3,11)7-5-9;1-3-2;1-2;/h10-11,15-16,22-23H,2,6-9H2,1,3-5H3;5-6,12-13H,3-4,7H2,1-2H3;4,6,9,11H,1,5,7H2,2-3H3;;;1H/q;;;-1;;/t15-,16+;;9-,10?;;;/m0.0.../s1. The maximum atomic E-state index is 12.3. The molecule has 0 saturated carbocycles. The van der Waals surface area contributed by atoms with Gasteiger partial charge in [0.05, 0.1) is 19.3 Å². The molecule has 0 aromatic heterocycles. The maximum absolute atomic E-state index is 12.3. The second kappa shape index (κ2) is 31.3. The zero-order chi connectivity index (χ0) is 42.5. The molecular formula is C42H61I6O8-. The van der Waals surface area contributed by atoms with Crippen molar-refractivity contribution in [1.82, 2.24) is 0 Å². The van der Waals surface area contributed by atoms with E-state index < -0.39 is 11.6 Å². The summed E-state index contributed by atoms with van der Waals surface area (Å²) in [6, 6.07) is 4.61. The van der Waals surface area contributed by atoms with Crippen LogP contribution in [0, 0.1) is 11.8 Å². The fourth-order valence-corrected chi connectivity index (χ4v) is 6.62. The number of aromatic hydroxyl groups is 4. The summed E-state index contributed by atoms with van der Waals surface area (Å²) in [5, 5.41) is 50.0. The van der Waals surface area contributed by atoms with E-state index >= 15 is 0 Å². The normalized spacial score (nSPS) is 19.4. The Balaban J connectivity index is 0. The third kappa shape index (κ3) is 19.8. The summed E-state index contributed by atoms with van der Waals surface area (Å²) in [6.45, 7) is 20.3. The molecule has 0 saturated heterocycles. The summed E-state index contributed by atoms with van der Waals surface area (Å²) in [5.41, 5.74) is 5.71. The van der Waals surface area contributed by atoms with E-state index in [1.807, 2.05) is 40.7 Å². The van der Waals surface area contributed by atoms with Crippen LogP contribution in [0.2, 0.25) is 0 Å². The zero-order valence-corrected chi connectivity index (χ0v) is 46.9. The van der Waals surface area contributed by atoms with E-state index in [0.717, 1.165) is 61.6 Å². The summed E-state index contributed by atoms with van der Waals surface area (Å²) < 4.78 is 9.86. The van der Waals surface area contributed by atoms with Gasteiger partial charge in [-0.2, -0.15) is 0 Å². The first-order chi connectivity index (χ1) is 25.9. The van der Waals surface area contributed by atoms with Gasteiger partial charge in [-0.3, -0.25) is 0 Å². The van der Waals surface area contributed by atoms with Crippen molar-refractivity contribution in [2.45, 2.75) is 111 Å². The van der Waals surface area contributed by atoms with Gasteiger partial charge in [-0.15, -0.1) is 24.0 Å². The van der Waals surface area contributed by atoms with Crippen molar-refractivity contribution in [3.8, 4) is 23.0 Å². The number of halogens is 6. The van der Waals surface area contributed by atoms with Gasteiger partial charge in [-0.25, -0.2) is 4.79 Å². The predicted octanol–water partition coefficient (Wildman–Crippen LogP) is 10.5. The number of esters is 1. The summed E-state index contributed by atoms with van der Waals surface area (Å²) in [4.78, 5) is 12.3.